The molecular formula is C16H36NaPZn. The molecule has 0 rings (SSSR count). The number of unbranched alkanes of at least 4 members (excludes halogenated alkanes) is 13. The second-order valence-corrected chi connectivity index (χ2v) is 5.96. The van der Waals surface area contributed by atoms with Crippen LogP contribution in [0, 0.1) is 0 Å². The van der Waals surface area contributed by atoms with Crippen LogP contribution in [0.15, 0.2) is 0 Å². The Labute approximate surface area is 161 Å². The molecule has 0 aliphatic rings. The van der Waals surface area contributed by atoms with Gasteiger partial charge in [-0.05, 0) is 12.6 Å². The molecule has 0 aromatic carbocycles. The van der Waals surface area contributed by atoms with Gasteiger partial charge in [0.25, 0.3) is 0 Å². The topological polar surface area (TPSA) is 0 Å². The molecule has 0 nitrogen and oxygen atoms in total. The quantitative estimate of drug-likeness (QED) is 0.256. The van der Waals surface area contributed by atoms with Crippen molar-refractivity contribution in [3.05, 3.63) is 0 Å². The normalized spacial score (nSPS) is 9.79. The van der Waals surface area contributed by atoms with E-state index in [0.29, 0.717) is 0 Å². The second-order valence-electron chi connectivity index (χ2n) is 5.38. The van der Waals surface area contributed by atoms with E-state index in [-0.39, 0.29) is 50.5 Å². The standard InChI is InChI=1S/C16H35P.Na.Zn.H/c1-2-3-4-5-6-7-8-9-10-11-12-13-14-15-16-17;;;/h2-17H2,1H3;;;/q;+1;;-1. The van der Waals surface area contributed by atoms with Crippen LogP contribution in [0.4, 0.5) is 0 Å². The summed E-state index contributed by atoms with van der Waals surface area (Å²) in [6.45, 7) is 2.29. The Morgan fingerprint density at radius 2 is 0.842 bits per heavy atom. The largest absolute Gasteiger partial charge is 1.00 e. The van der Waals surface area contributed by atoms with Crippen molar-refractivity contribution in [2.75, 3.05) is 6.16 Å². The first-order chi connectivity index (χ1) is 8.41. The zero-order valence-corrected chi connectivity index (χ0v) is 20.0. The van der Waals surface area contributed by atoms with Crippen molar-refractivity contribution >= 4 is 9.24 Å². The molecule has 0 aromatic heterocycles. The van der Waals surface area contributed by atoms with Gasteiger partial charge in [-0.3, -0.25) is 0 Å². The molecule has 0 amide bonds. The van der Waals surface area contributed by atoms with E-state index in [2.05, 4.69) is 16.2 Å². The van der Waals surface area contributed by atoms with Gasteiger partial charge >= 0.3 is 29.6 Å². The Morgan fingerprint density at radius 1 is 0.579 bits per heavy atom. The number of hydrogen-bond acceptors (Lipinski definition) is 0. The summed E-state index contributed by atoms with van der Waals surface area (Å²) < 4.78 is 0. The van der Waals surface area contributed by atoms with Gasteiger partial charge in [0.15, 0.2) is 0 Å². The first-order valence-corrected chi connectivity index (χ1v) is 8.93. The van der Waals surface area contributed by atoms with Crippen LogP contribution >= 0.6 is 9.24 Å². The van der Waals surface area contributed by atoms with Crippen molar-refractivity contribution in [1.29, 1.82) is 0 Å². The molecule has 0 heterocycles. The van der Waals surface area contributed by atoms with Gasteiger partial charge in [-0.15, -0.1) is 9.24 Å². The van der Waals surface area contributed by atoms with Crippen LogP contribution in [0.2, 0.25) is 0 Å². The molecule has 0 saturated carbocycles. The van der Waals surface area contributed by atoms with E-state index in [1.165, 1.54) is 96.1 Å². The molecule has 0 radical (unpaired) electrons. The summed E-state index contributed by atoms with van der Waals surface area (Å²) in [5.74, 6) is 0. The average molecular weight is 348 g/mol. The van der Waals surface area contributed by atoms with Crippen LogP contribution < -0.4 is 29.6 Å². The summed E-state index contributed by atoms with van der Waals surface area (Å²) in [5.41, 5.74) is 0. The molecule has 0 aliphatic heterocycles. The van der Waals surface area contributed by atoms with Gasteiger partial charge in [0.1, 0.15) is 0 Å². The first-order valence-electron chi connectivity index (χ1n) is 8.12. The SMILES string of the molecule is CCCCCCCCCCCCCCCCP.[H-].[Na+].[Zn]. The summed E-state index contributed by atoms with van der Waals surface area (Å²) in [6.07, 6.45) is 21.7. The van der Waals surface area contributed by atoms with Gasteiger partial charge in [0.2, 0.25) is 0 Å². The Balaban J connectivity index is -0.000000427. The van der Waals surface area contributed by atoms with Crippen molar-refractivity contribution in [2.45, 2.75) is 96.8 Å². The van der Waals surface area contributed by atoms with Crippen LogP contribution in [0.25, 0.3) is 0 Å². The van der Waals surface area contributed by atoms with Gasteiger partial charge in [-0.2, -0.15) is 0 Å². The molecule has 0 aromatic rings. The molecule has 0 aliphatic carbocycles. The Bertz CT molecular complexity index is 126. The third-order valence-electron chi connectivity index (χ3n) is 3.56. The van der Waals surface area contributed by atoms with E-state index in [1.54, 1.807) is 0 Å². The number of hydrogen-bond donors (Lipinski definition) is 0. The summed E-state index contributed by atoms with van der Waals surface area (Å²) >= 11 is 0. The third kappa shape index (κ3) is 25.4. The molecule has 108 valence electrons. The monoisotopic (exact) mass is 346 g/mol. The van der Waals surface area contributed by atoms with E-state index in [9.17, 15) is 0 Å². The van der Waals surface area contributed by atoms with Gasteiger partial charge in [0, 0.05) is 19.5 Å². The maximum atomic E-state index is 2.82. The Hall–Kier alpha value is 2.05. The molecule has 3 heteroatoms. The van der Waals surface area contributed by atoms with E-state index in [4.69, 9.17) is 0 Å². The molecule has 1 atom stereocenters. The molecule has 19 heavy (non-hydrogen) atoms. The van der Waals surface area contributed by atoms with Crippen molar-refractivity contribution in [3.63, 3.8) is 0 Å². The summed E-state index contributed by atoms with van der Waals surface area (Å²) in [5, 5.41) is 0. The summed E-state index contributed by atoms with van der Waals surface area (Å²) in [7, 11) is 2.82. The van der Waals surface area contributed by atoms with Gasteiger partial charge in [0.05, 0.1) is 0 Å². The third-order valence-corrected chi connectivity index (χ3v) is 3.97. The van der Waals surface area contributed by atoms with Crippen molar-refractivity contribution in [3.8, 4) is 0 Å². The van der Waals surface area contributed by atoms with Crippen molar-refractivity contribution in [1.82, 2.24) is 0 Å². The Kier molecular flexibility index (Phi) is 34.2. The molecule has 0 saturated heterocycles. The molecule has 0 N–H and O–H groups in total. The predicted octanol–water partition coefficient (Wildman–Crippen LogP) is 3.46. The minimum atomic E-state index is 0. The molecule has 0 spiro atoms. The van der Waals surface area contributed by atoms with Crippen LogP contribution in [-0.4, -0.2) is 6.16 Å². The maximum absolute atomic E-state index is 2.82. The summed E-state index contributed by atoms with van der Waals surface area (Å²) in [6, 6.07) is 0. The second kappa shape index (κ2) is 25.0. The van der Waals surface area contributed by atoms with Crippen LogP contribution in [0.5, 0.6) is 0 Å². The van der Waals surface area contributed by atoms with Crippen molar-refractivity contribution < 1.29 is 50.5 Å². The molecule has 1 unspecified atom stereocenters. The van der Waals surface area contributed by atoms with Crippen LogP contribution in [0.1, 0.15) is 98.2 Å². The molecule has 0 fully saturated rings. The number of rotatable bonds is 14. The van der Waals surface area contributed by atoms with E-state index >= 15 is 0 Å². The van der Waals surface area contributed by atoms with Crippen LogP contribution in [-0.2, 0) is 19.5 Å². The van der Waals surface area contributed by atoms with E-state index in [1.807, 2.05) is 0 Å². The van der Waals surface area contributed by atoms with E-state index in [0.717, 1.165) is 0 Å². The minimum Gasteiger partial charge on any atom is -1.00 e. The van der Waals surface area contributed by atoms with E-state index < -0.39 is 0 Å². The zero-order chi connectivity index (χ0) is 12.6. The Morgan fingerprint density at radius 3 is 1.11 bits per heavy atom. The molecule has 0 bridgehead atoms. The minimum absolute atomic E-state index is 0. The van der Waals surface area contributed by atoms with Gasteiger partial charge in [-0.1, -0.05) is 90.4 Å². The van der Waals surface area contributed by atoms with Gasteiger partial charge < -0.3 is 1.43 Å². The predicted molar refractivity (Wildman–Crippen MR) is 86.0 cm³/mol. The first kappa shape index (κ1) is 26.0. The molecular weight excluding hydrogens is 312 g/mol. The fourth-order valence-corrected chi connectivity index (χ4v) is 2.63. The van der Waals surface area contributed by atoms with Crippen LogP contribution in [0.3, 0.4) is 0 Å². The van der Waals surface area contributed by atoms with Crippen molar-refractivity contribution in [2.24, 2.45) is 0 Å². The maximum Gasteiger partial charge on any atom is 1.00 e. The summed E-state index contributed by atoms with van der Waals surface area (Å²) in [4.78, 5) is 0. The fraction of sp³-hybridized carbons (Fsp3) is 1.00. The fourth-order valence-electron chi connectivity index (χ4n) is 2.34. The smallest absolute Gasteiger partial charge is 1.00 e. The van der Waals surface area contributed by atoms with Gasteiger partial charge in [-0.25, -0.2) is 0 Å². The average Bonchev–Trinajstić information content (AvgIpc) is 2.35. The zero-order valence-electron chi connectivity index (χ0n) is 14.9.